The van der Waals surface area contributed by atoms with Crippen LogP contribution in [0.15, 0.2) is 12.2 Å². The van der Waals surface area contributed by atoms with E-state index in [0.29, 0.717) is 6.61 Å². The van der Waals surface area contributed by atoms with Crippen LogP contribution in [0.5, 0.6) is 0 Å². The van der Waals surface area contributed by atoms with Crippen molar-refractivity contribution in [2.24, 2.45) is 0 Å². The normalized spacial score (nSPS) is 14.1. The molecule has 1 unspecified atom stereocenters. The summed E-state index contributed by atoms with van der Waals surface area (Å²) in [5.41, 5.74) is 1.02. The van der Waals surface area contributed by atoms with Gasteiger partial charge in [0.05, 0.1) is 12.7 Å². The quantitative estimate of drug-likeness (QED) is 0.439. The fourth-order valence-electron chi connectivity index (χ4n) is 0.797. The van der Waals surface area contributed by atoms with Gasteiger partial charge in [0.2, 0.25) is 9.76 Å². The van der Waals surface area contributed by atoms with E-state index in [-0.39, 0.29) is 6.10 Å². The third-order valence-corrected chi connectivity index (χ3v) is 2.34. The van der Waals surface area contributed by atoms with Crippen molar-refractivity contribution >= 4 is 9.76 Å². The van der Waals surface area contributed by atoms with E-state index in [1.807, 2.05) is 13.8 Å². The Hall–Kier alpha value is -0.123. The van der Waals surface area contributed by atoms with Crippen LogP contribution >= 0.6 is 0 Å². The van der Waals surface area contributed by atoms with Gasteiger partial charge in [0, 0.05) is 0 Å². The first-order chi connectivity index (χ1) is 5.20. The summed E-state index contributed by atoms with van der Waals surface area (Å²) in [5.74, 6) is 0. The first kappa shape index (κ1) is 10.9. The van der Waals surface area contributed by atoms with Crippen LogP contribution < -0.4 is 0 Å². The molecule has 0 spiro atoms. The van der Waals surface area contributed by atoms with Crippen LogP contribution in [0.1, 0.15) is 20.3 Å². The summed E-state index contributed by atoms with van der Waals surface area (Å²) in [6, 6.07) is 0.754. The van der Waals surface area contributed by atoms with Crippen molar-refractivity contribution in [3.63, 3.8) is 0 Å². The van der Waals surface area contributed by atoms with Crippen molar-refractivity contribution in [1.82, 2.24) is 0 Å². The summed E-state index contributed by atoms with van der Waals surface area (Å²) in [6.45, 7) is 8.31. The molecule has 0 aliphatic rings. The van der Waals surface area contributed by atoms with Crippen LogP contribution in [0.2, 0.25) is 6.04 Å². The van der Waals surface area contributed by atoms with Crippen LogP contribution in [0.3, 0.4) is 0 Å². The van der Waals surface area contributed by atoms with Gasteiger partial charge in [0.15, 0.2) is 0 Å². The molecule has 0 aromatic carbocycles. The lowest BCUT2D eigenvalue weighted by Crippen LogP contribution is -2.14. The van der Waals surface area contributed by atoms with Gasteiger partial charge in [0.25, 0.3) is 0 Å². The molecule has 0 saturated heterocycles. The second kappa shape index (κ2) is 6.58. The topological polar surface area (TPSA) is 29.1 Å². The first-order valence-corrected chi connectivity index (χ1v) is 5.62. The van der Waals surface area contributed by atoms with Gasteiger partial charge in [-0.2, -0.15) is 0 Å². The molecule has 0 N–H and O–H groups in total. The Morgan fingerprint density at radius 2 is 2.36 bits per heavy atom. The van der Waals surface area contributed by atoms with E-state index in [0.717, 1.165) is 18.0 Å². The summed E-state index contributed by atoms with van der Waals surface area (Å²) in [7, 11) is -1.09. The Morgan fingerprint density at radius 1 is 1.73 bits per heavy atom. The Balaban J connectivity index is 3.43. The monoisotopic (exact) mass is 173 g/mol. The zero-order valence-corrected chi connectivity index (χ0v) is 8.84. The highest BCUT2D eigenvalue weighted by atomic mass is 28.2. The number of hydrogen-bond donors (Lipinski definition) is 0. The molecular formula is C8H17O2Si. The SMILES string of the molecule is C=C(C)COC(CC)C[SiH2][O]. The highest BCUT2D eigenvalue weighted by molar-refractivity contribution is 6.24. The first-order valence-electron chi connectivity index (χ1n) is 4.04. The summed E-state index contributed by atoms with van der Waals surface area (Å²) < 4.78 is 5.43. The second-order valence-electron chi connectivity index (χ2n) is 2.79. The summed E-state index contributed by atoms with van der Waals surface area (Å²) in [5, 5.41) is 0. The maximum atomic E-state index is 10.4. The molecule has 65 valence electrons. The molecular weight excluding hydrogens is 156 g/mol. The molecule has 0 saturated carbocycles. The standard InChI is InChI=1S/C8H17O2Si/c1-4-8(6-11-9)10-5-7(2)3/h8H,2,4-6,11H2,1,3H3. The highest BCUT2D eigenvalue weighted by Crippen LogP contribution is 2.04. The van der Waals surface area contributed by atoms with E-state index >= 15 is 0 Å². The van der Waals surface area contributed by atoms with E-state index < -0.39 is 9.76 Å². The van der Waals surface area contributed by atoms with E-state index in [9.17, 15) is 4.80 Å². The van der Waals surface area contributed by atoms with E-state index in [4.69, 9.17) is 4.74 Å². The van der Waals surface area contributed by atoms with E-state index in [1.54, 1.807) is 0 Å². The molecule has 0 fully saturated rings. The van der Waals surface area contributed by atoms with Gasteiger partial charge in [-0.25, -0.2) is 0 Å². The average Bonchev–Trinajstić information content (AvgIpc) is 1.97. The van der Waals surface area contributed by atoms with E-state index in [2.05, 4.69) is 6.58 Å². The van der Waals surface area contributed by atoms with Crippen LogP contribution in [-0.2, 0) is 9.53 Å². The van der Waals surface area contributed by atoms with Gasteiger partial charge in [-0.3, -0.25) is 0 Å². The van der Waals surface area contributed by atoms with Gasteiger partial charge < -0.3 is 9.53 Å². The van der Waals surface area contributed by atoms with Gasteiger partial charge >= 0.3 is 0 Å². The van der Waals surface area contributed by atoms with Gasteiger partial charge in [-0.1, -0.05) is 19.1 Å². The molecule has 0 aliphatic carbocycles. The third-order valence-electron chi connectivity index (χ3n) is 1.46. The number of ether oxygens (including phenoxy) is 1. The van der Waals surface area contributed by atoms with Crippen molar-refractivity contribution < 1.29 is 9.53 Å². The van der Waals surface area contributed by atoms with Crippen LogP contribution in [0.4, 0.5) is 0 Å². The molecule has 0 amide bonds. The van der Waals surface area contributed by atoms with Gasteiger partial charge in [-0.15, -0.1) is 0 Å². The zero-order valence-electron chi connectivity index (χ0n) is 7.43. The lowest BCUT2D eigenvalue weighted by molar-refractivity contribution is 0.0791. The van der Waals surface area contributed by atoms with Crippen molar-refractivity contribution in [2.45, 2.75) is 32.4 Å². The third kappa shape index (κ3) is 6.28. The maximum Gasteiger partial charge on any atom is 0.209 e. The smallest absolute Gasteiger partial charge is 0.209 e. The van der Waals surface area contributed by atoms with Crippen LogP contribution in [0, 0.1) is 0 Å². The van der Waals surface area contributed by atoms with Crippen molar-refractivity contribution in [3.05, 3.63) is 12.2 Å². The van der Waals surface area contributed by atoms with Crippen LogP contribution in [-0.4, -0.2) is 22.5 Å². The zero-order chi connectivity index (χ0) is 8.69. The molecule has 2 nitrogen and oxygen atoms in total. The van der Waals surface area contributed by atoms with Crippen LogP contribution in [0.25, 0.3) is 0 Å². The fraction of sp³-hybridized carbons (Fsp3) is 0.750. The Morgan fingerprint density at radius 3 is 2.73 bits per heavy atom. The number of hydrogen-bond acceptors (Lipinski definition) is 1. The predicted octanol–water partition coefficient (Wildman–Crippen LogP) is 1.29. The van der Waals surface area contributed by atoms with E-state index in [1.165, 1.54) is 0 Å². The Kier molecular flexibility index (Phi) is 6.50. The van der Waals surface area contributed by atoms with Crippen molar-refractivity contribution in [3.8, 4) is 0 Å². The summed E-state index contributed by atoms with van der Waals surface area (Å²) in [4.78, 5) is 10.4. The molecule has 0 aliphatic heterocycles. The lowest BCUT2D eigenvalue weighted by Gasteiger charge is -2.13. The second-order valence-corrected chi connectivity index (χ2v) is 3.78. The van der Waals surface area contributed by atoms with Crippen molar-refractivity contribution in [2.75, 3.05) is 6.61 Å². The molecule has 0 rings (SSSR count). The molecule has 3 heteroatoms. The lowest BCUT2D eigenvalue weighted by atomic mass is 10.3. The average molecular weight is 173 g/mol. The number of rotatable bonds is 6. The van der Waals surface area contributed by atoms with Gasteiger partial charge in [0.1, 0.15) is 0 Å². The summed E-state index contributed by atoms with van der Waals surface area (Å²) in [6.07, 6.45) is 1.14. The molecule has 11 heavy (non-hydrogen) atoms. The highest BCUT2D eigenvalue weighted by Gasteiger charge is 2.05. The molecule has 0 heterocycles. The predicted molar refractivity (Wildman–Crippen MR) is 48.9 cm³/mol. The Labute approximate surface area is 71.2 Å². The minimum atomic E-state index is -1.09. The molecule has 0 aromatic heterocycles. The largest absolute Gasteiger partial charge is 0.374 e. The maximum absolute atomic E-state index is 10.4. The minimum Gasteiger partial charge on any atom is -0.374 e. The fourth-order valence-corrected chi connectivity index (χ4v) is 1.63. The molecule has 1 atom stereocenters. The Bertz CT molecular complexity index is 115. The minimum absolute atomic E-state index is 0.191. The molecule has 0 aromatic rings. The van der Waals surface area contributed by atoms with Gasteiger partial charge in [-0.05, 0) is 19.4 Å². The van der Waals surface area contributed by atoms with Crippen molar-refractivity contribution in [1.29, 1.82) is 0 Å². The molecule has 1 radical (unpaired) electrons. The summed E-state index contributed by atoms with van der Waals surface area (Å²) >= 11 is 0. The molecule has 0 bridgehead atoms.